The Kier molecular flexibility index (Phi) is 23.1. The van der Waals surface area contributed by atoms with Crippen molar-refractivity contribution in [3.8, 4) is 0 Å². The van der Waals surface area contributed by atoms with Gasteiger partial charge in [-0.1, -0.05) is 56.3 Å². The topological polar surface area (TPSA) is 344 Å². The minimum Gasteiger partial charge on any atom is -0.391 e. The Morgan fingerprint density at radius 3 is 2.00 bits per heavy atom. The third-order valence-electron chi connectivity index (χ3n) is 12.1. The maximum atomic E-state index is 14.4. The number of rotatable bonds is 16. The van der Waals surface area contributed by atoms with Crippen LogP contribution in [0.15, 0.2) is 54.6 Å². The Labute approximate surface area is 409 Å². The van der Waals surface area contributed by atoms with Crippen LogP contribution >= 0.6 is 0 Å². The summed E-state index contributed by atoms with van der Waals surface area (Å²) in [6.45, 7) is 6.87. The standard InChI is InChI=1S/C48H74N12O10/c1-30(2)25-38-46(68)59-48(29-61,16-19-51)28-53-35(13-17-49)42(64)58-41(31(3)62)47(69)52-20-15-37(54-40(63)27-33-9-11-34(12-10-33)60-21-23-70-24-22-60)44(66)55-36(14-18-50)43(65)57-39(45(67)56-38)26-32-7-5-4-6-8-32/h4-12,29-31,35-39,41,53,62H,13-28,49-51H2,1-3H3,(H,52,69)(H,54,63)(H,55,66)(H,56,67)(H,57,65)(H,58,64)(H,59,68)/t31-,35+,36+,37+,38+,39-,41+,48-/m1/s1. The van der Waals surface area contributed by atoms with Gasteiger partial charge in [0.2, 0.25) is 41.4 Å². The average molecular weight is 979 g/mol. The second-order valence-corrected chi connectivity index (χ2v) is 18.3. The number of aliphatic hydroxyl groups excluding tert-OH is 1. The van der Waals surface area contributed by atoms with Crippen molar-refractivity contribution in [2.24, 2.45) is 23.1 Å². The monoisotopic (exact) mass is 979 g/mol. The maximum absolute atomic E-state index is 14.4. The second kappa shape index (κ2) is 28.6. The number of carbonyl (C=O) groups excluding carboxylic acids is 8. The Bertz CT molecular complexity index is 2040. The van der Waals surface area contributed by atoms with E-state index < -0.39 is 89.2 Å². The molecule has 2 fully saturated rings. The van der Waals surface area contributed by atoms with E-state index in [1.54, 1.807) is 30.3 Å². The minimum atomic E-state index is -1.69. The molecule has 0 unspecified atom stereocenters. The number of hydrogen-bond acceptors (Lipinski definition) is 15. The number of carbonyl (C=O) groups is 8. The predicted molar refractivity (Wildman–Crippen MR) is 261 cm³/mol. The molecule has 22 heteroatoms. The highest BCUT2D eigenvalue weighted by Crippen LogP contribution is 2.18. The highest BCUT2D eigenvalue weighted by Gasteiger charge is 2.38. The molecule has 0 saturated carbocycles. The van der Waals surface area contributed by atoms with Crippen molar-refractivity contribution < 1.29 is 48.2 Å². The largest absolute Gasteiger partial charge is 0.391 e. The molecule has 386 valence electrons. The van der Waals surface area contributed by atoms with E-state index in [2.05, 4.69) is 47.4 Å². The van der Waals surface area contributed by atoms with Gasteiger partial charge in [-0.2, -0.15) is 0 Å². The molecule has 2 aliphatic heterocycles. The lowest BCUT2D eigenvalue weighted by molar-refractivity contribution is -0.135. The number of aliphatic hydroxyl groups is 1. The molecule has 22 nitrogen and oxygen atoms in total. The van der Waals surface area contributed by atoms with Crippen LogP contribution in [0.4, 0.5) is 5.69 Å². The Morgan fingerprint density at radius 2 is 1.39 bits per heavy atom. The first-order valence-corrected chi connectivity index (χ1v) is 24.1. The average Bonchev–Trinajstić information content (AvgIpc) is 3.33. The van der Waals surface area contributed by atoms with Crippen molar-refractivity contribution in [2.45, 2.75) is 114 Å². The number of ether oxygens (including phenoxy) is 1. The van der Waals surface area contributed by atoms with Crippen molar-refractivity contribution in [3.05, 3.63) is 65.7 Å². The summed E-state index contributed by atoms with van der Waals surface area (Å²) in [6.07, 6.45) is -1.35. The fourth-order valence-corrected chi connectivity index (χ4v) is 8.18. The van der Waals surface area contributed by atoms with Gasteiger partial charge in [-0.3, -0.25) is 33.6 Å². The lowest BCUT2D eigenvalue weighted by atomic mass is 9.94. The van der Waals surface area contributed by atoms with Crippen LogP contribution in [0.5, 0.6) is 0 Å². The van der Waals surface area contributed by atoms with Crippen molar-refractivity contribution in [2.75, 3.05) is 63.9 Å². The molecular formula is C48H74N12O10. The summed E-state index contributed by atoms with van der Waals surface area (Å²) in [5, 5.41) is 32.5. The number of nitrogens with one attached hydrogen (secondary N) is 8. The highest BCUT2D eigenvalue weighted by molar-refractivity contribution is 5.96. The maximum Gasteiger partial charge on any atom is 0.245 e. The summed E-state index contributed by atoms with van der Waals surface area (Å²) in [6, 6.07) is 8.38. The molecule has 8 atom stereocenters. The molecule has 0 aromatic heterocycles. The number of morpholine rings is 1. The number of amides is 7. The molecule has 2 aromatic rings. The van der Waals surface area contributed by atoms with Crippen LogP contribution in [0.3, 0.4) is 0 Å². The van der Waals surface area contributed by atoms with Crippen LogP contribution in [0.25, 0.3) is 0 Å². The molecular weight excluding hydrogens is 905 g/mol. The molecule has 0 spiro atoms. The number of benzene rings is 2. The Balaban J connectivity index is 1.72. The van der Waals surface area contributed by atoms with Crippen molar-refractivity contribution in [3.63, 3.8) is 0 Å². The van der Waals surface area contributed by atoms with E-state index in [1.165, 1.54) is 6.92 Å². The van der Waals surface area contributed by atoms with Crippen molar-refractivity contribution in [1.82, 2.24) is 42.5 Å². The van der Waals surface area contributed by atoms with Crippen molar-refractivity contribution >= 4 is 53.3 Å². The van der Waals surface area contributed by atoms with Gasteiger partial charge in [0.05, 0.1) is 31.8 Å². The second-order valence-electron chi connectivity index (χ2n) is 18.3. The third-order valence-corrected chi connectivity index (χ3v) is 12.1. The normalized spacial score (nSPS) is 25.6. The predicted octanol–water partition coefficient (Wildman–Crippen LogP) is -3.26. The van der Waals surface area contributed by atoms with Gasteiger partial charge in [-0.25, -0.2) is 0 Å². The summed E-state index contributed by atoms with van der Waals surface area (Å²) >= 11 is 0. The zero-order valence-electron chi connectivity index (χ0n) is 40.5. The first kappa shape index (κ1) is 56.5. The number of hydrogen-bond donors (Lipinski definition) is 12. The lowest BCUT2D eigenvalue weighted by Gasteiger charge is -2.34. The van der Waals surface area contributed by atoms with Crippen LogP contribution in [-0.4, -0.2) is 160 Å². The van der Waals surface area contributed by atoms with Crippen LogP contribution in [0.1, 0.15) is 64.0 Å². The molecule has 0 radical (unpaired) electrons. The summed E-state index contributed by atoms with van der Waals surface area (Å²) in [5.74, 6) is -5.36. The van der Waals surface area contributed by atoms with Gasteiger partial charge in [0.25, 0.3) is 0 Å². The Morgan fingerprint density at radius 1 is 0.771 bits per heavy atom. The van der Waals surface area contributed by atoms with E-state index in [4.69, 9.17) is 21.9 Å². The van der Waals surface area contributed by atoms with Gasteiger partial charge >= 0.3 is 0 Å². The summed E-state index contributed by atoms with van der Waals surface area (Å²) in [7, 11) is 0. The first-order chi connectivity index (χ1) is 33.5. The Hall–Kier alpha value is -6.04. The molecule has 15 N–H and O–H groups in total. The van der Waals surface area contributed by atoms with Gasteiger partial charge in [0.15, 0.2) is 0 Å². The van der Waals surface area contributed by atoms with Crippen molar-refractivity contribution in [1.29, 1.82) is 0 Å². The first-order valence-electron chi connectivity index (χ1n) is 24.1. The van der Waals surface area contributed by atoms with E-state index in [-0.39, 0.29) is 83.6 Å². The van der Waals surface area contributed by atoms with Gasteiger partial charge in [-0.05, 0) is 87.8 Å². The third kappa shape index (κ3) is 17.7. The molecule has 7 amide bonds. The van der Waals surface area contributed by atoms with E-state index in [0.717, 1.165) is 18.8 Å². The lowest BCUT2D eigenvalue weighted by Crippen LogP contribution is -2.64. The van der Waals surface area contributed by atoms with Crippen LogP contribution in [0, 0.1) is 5.92 Å². The summed E-state index contributed by atoms with van der Waals surface area (Å²) in [5.41, 5.74) is 18.4. The molecule has 2 aromatic carbocycles. The van der Waals surface area contributed by atoms with E-state index in [0.29, 0.717) is 30.6 Å². The van der Waals surface area contributed by atoms with Gasteiger partial charge in [0.1, 0.15) is 42.0 Å². The summed E-state index contributed by atoms with van der Waals surface area (Å²) in [4.78, 5) is 113. The minimum absolute atomic E-state index is 0.00566. The number of aldehydes is 1. The van der Waals surface area contributed by atoms with Gasteiger partial charge in [0, 0.05) is 38.3 Å². The number of anilines is 1. The van der Waals surface area contributed by atoms with E-state index >= 15 is 0 Å². The van der Waals surface area contributed by atoms with Gasteiger partial charge < -0.3 is 79.3 Å². The van der Waals surface area contributed by atoms with Crippen LogP contribution in [-0.2, 0) is 55.9 Å². The zero-order chi connectivity index (χ0) is 51.2. The molecule has 70 heavy (non-hydrogen) atoms. The van der Waals surface area contributed by atoms with Crippen LogP contribution < -0.4 is 64.6 Å². The molecule has 2 aliphatic rings. The molecule has 0 bridgehead atoms. The van der Waals surface area contributed by atoms with Gasteiger partial charge in [-0.15, -0.1) is 0 Å². The molecule has 0 aliphatic carbocycles. The SMILES string of the molecule is CC(C)C[C@@H]1NC(=O)[C@@H](Cc2ccccc2)NC(=O)[C@H](CCN)NC(=O)[C@@H](NC(=O)Cc2ccc(N3CCOCC3)cc2)CCNC(=O)[C@H]([C@@H](C)O)NC(=O)[C@H](CCN)NC[C@@](C=O)(CCN)NC1=O. The fourth-order valence-electron chi connectivity index (χ4n) is 8.18. The van der Waals surface area contributed by atoms with Crippen LogP contribution in [0.2, 0.25) is 0 Å². The van der Waals surface area contributed by atoms with E-state index in [9.17, 15) is 43.5 Å². The number of nitrogens with zero attached hydrogens (tertiary/aromatic N) is 1. The fraction of sp³-hybridized carbons (Fsp3) is 0.583. The molecule has 4 rings (SSSR count). The molecule has 2 heterocycles. The molecule has 2 saturated heterocycles. The highest BCUT2D eigenvalue weighted by atomic mass is 16.5. The summed E-state index contributed by atoms with van der Waals surface area (Å²) < 4.78 is 5.45. The smallest absolute Gasteiger partial charge is 0.245 e. The quantitative estimate of drug-likeness (QED) is 0.0735. The van der Waals surface area contributed by atoms with E-state index in [1.807, 2.05) is 38.1 Å². The number of nitrogens with two attached hydrogens (primary N) is 3. The zero-order valence-corrected chi connectivity index (χ0v) is 40.5.